The fraction of sp³-hybridized carbons (Fsp3) is 0.647. The number of nitrogens with zero attached hydrogens (tertiary/aromatic N) is 5. The molecule has 0 bridgehead atoms. The summed E-state index contributed by atoms with van der Waals surface area (Å²) in [5.74, 6) is 1.82. The van der Waals surface area contributed by atoms with E-state index in [1.54, 1.807) is 4.52 Å². The highest BCUT2D eigenvalue weighted by atomic mass is 35.5. The van der Waals surface area contributed by atoms with Crippen molar-refractivity contribution in [2.45, 2.75) is 44.3 Å². The predicted molar refractivity (Wildman–Crippen MR) is 104 cm³/mol. The average molecular weight is 397 g/mol. The van der Waals surface area contributed by atoms with Gasteiger partial charge in [0.15, 0.2) is 0 Å². The number of thioether (sulfide) groups is 1. The number of hydrogen-bond donors (Lipinski definition) is 1. The van der Waals surface area contributed by atoms with Crippen molar-refractivity contribution in [3.8, 4) is 0 Å². The highest BCUT2D eigenvalue weighted by Crippen LogP contribution is 2.37. The molecule has 9 heteroatoms. The number of aryl methyl sites for hydroxylation is 2. The largest absolute Gasteiger partial charge is 0.342 e. The molecular formula is C17H25ClN6OS. The van der Waals surface area contributed by atoms with Gasteiger partial charge in [-0.15, -0.1) is 17.5 Å². The second-order valence-corrected chi connectivity index (χ2v) is 7.99. The van der Waals surface area contributed by atoms with Crippen LogP contribution in [0.1, 0.15) is 29.8 Å². The summed E-state index contributed by atoms with van der Waals surface area (Å²) in [5, 5.41) is 5.15. The Morgan fingerprint density at radius 2 is 2.04 bits per heavy atom. The molecule has 1 aliphatic carbocycles. The number of aromatic nitrogens is 4. The van der Waals surface area contributed by atoms with Gasteiger partial charge in [0.1, 0.15) is 0 Å². The zero-order valence-corrected chi connectivity index (χ0v) is 16.9. The van der Waals surface area contributed by atoms with Crippen LogP contribution >= 0.6 is 24.2 Å². The monoisotopic (exact) mass is 396 g/mol. The summed E-state index contributed by atoms with van der Waals surface area (Å²) >= 11 is 1.49. The van der Waals surface area contributed by atoms with Gasteiger partial charge >= 0.3 is 0 Å². The molecule has 2 N–H and O–H groups in total. The number of hydrogen-bond acceptors (Lipinski definition) is 6. The Morgan fingerprint density at radius 3 is 2.73 bits per heavy atom. The van der Waals surface area contributed by atoms with E-state index in [4.69, 9.17) is 5.73 Å². The quantitative estimate of drug-likeness (QED) is 0.793. The second-order valence-electron chi connectivity index (χ2n) is 7.21. The lowest BCUT2D eigenvalue weighted by Gasteiger charge is -2.20. The van der Waals surface area contributed by atoms with Crippen molar-refractivity contribution in [2.24, 2.45) is 17.6 Å². The fourth-order valence-electron chi connectivity index (χ4n) is 4.31. The number of fused-ring (bicyclic) bond motifs is 2. The van der Waals surface area contributed by atoms with Crippen molar-refractivity contribution in [1.82, 2.24) is 24.5 Å². The van der Waals surface area contributed by atoms with Gasteiger partial charge in [-0.2, -0.15) is 4.98 Å². The Balaban J connectivity index is 0.00000196. The zero-order chi connectivity index (χ0) is 17.7. The molecule has 3 heterocycles. The lowest BCUT2D eigenvalue weighted by atomic mass is 9.98. The zero-order valence-electron chi connectivity index (χ0n) is 15.3. The van der Waals surface area contributed by atoms with Crippen LogP contribution < -0.4 is 5.73 Å². The molecule has 1 amide bonds. The Kier molecular flexibility index (Phi) is 5.46. The van der Waals surface area contributed by atoms with Gasteiger partial charge in [-0.25, -0.2) is 9.50 Å². The molecule has 2 aromatic heterocycles. The van der Waals surface area contributed by atoms with E-state index in [0.29, 0.717) is 29.2 Å². The van der Waals surface area contributed by atoms with Gasteiger partial charge < -0.3 is 10.6 Å². The molecule has 2 fully saturated rings. The van der Waals surface area contributed by atoms with Gasteiger partial charge in [-0.1, -0.05) is 11.8 Å². The standard InChI is InChI=1S/C17H24N6OS.ClH/c1-9-12(10(2)23-16(19-9)20-17(21-23)25-3)6-15(24)22-7-11-4-5-14(18)13(11)8-22;/h11,13-14H,4-8,18H2,1-3H3;1H. The SMILES string of the molecule is CSc1nc2nc(C)c(CC(=O)N3CC4CCC(N)C4C3)c(C)n2n1.Cl. The van der Waals surface area contributed by atoms with E-state index in [2.05, 4.69) is 15.1 Å². The number of halogens is 1. The summed E-state index contributed by atoms with van der Waals surface area (Å²) in [6, 6.07) is 0.254. The molecule has 3 atom stereocenters. The molecule has 1 saturated heterocycles. The van der Waals surface area contributed by atoms with Crippen LogP contribution in [0.2, 0.25) is 0 Å². The summed E-state index contributed by atoms with van der Waals surface area (Å²) in [5.41, 5.74) is 8.95. The van der Waals surface area contributed by atoms with E-state index in [-0.39, 0.29) is 24.4 Å². The maximum Gasteiger partial charge on any atom is 0.253 e. The van der Waals surface area contributed by atoms with Crippen LogP contribution in [0.4, 0.5) is 0 Å². The topological polar surface area (TPSA) is 89.4 Å². The molecule has 1 aliphatic heterocycles. The molecule has 2 aromatic rings. The van der Waals surface area contributed by atoms with Gasteiger partial charge in [0.05, 0.1) is 6.42 Å². The predicted octanol–water partition coefficient (Wildman–Crippen LogP) is 1.62. The second kappa shape index (κ2) is 7.32. The first-order valence-electron chi connectivity index (χ1n) is 8.78. The average Bonchev–Trinajstić information content (AvgIpc) is 3.27. The normalized spacial score (nSPS) is 24.8. The number of rotatable bonds is 3. The fourth-order valence-corrected chi connectivity index (χ4v) is 4.64. The van der Waals surface area contributed by atoms with E-state index in [1.165, 1.54) is 11.8 Å². The Morgan fingerprint density at radius 1 is 1.27 bits per heavy atom. The van der Waals surface area contributed by atoms with E-state index in [1.807, 2.05) is 25.0 Å². The first-order chi connectivity index (χ1) is 12.0. The number of carbonyl (C=O) groups excluding carboxylic acids is 1. The van der Waals surface area contributed by atoms with Gasteiger partial charge in [-0.05, 0) is 44.8 Å². The highest BCUT2D eigenvalue weighted by Gasteiger charge is 2.42. The van der Waals surface area contributed by atoms with Crippen molar-refractivity contribution in [2.75, 3.05) is 19.3 Å². The Bertz CT molecular complexity index is 840. The summed E-state index contributed by atoms with van der Waals surface area (Å²) in [6.07, 6.45) is 4.55. The first-order valence-corrected chi connectivity index (χ1v) is 10.0. The molecule has 3 unspecified atom stereocenters. The highest BCUT2D eigenvalue weighted by molar-refractivity contribution is 7.98. The lowest BCUT2D eigenvalue weighted by molar-refractivity contribution is -0.129. The molecular weight excluding hydrogens is 372 g/mol. The Labute approximate surface area is 163 Å². The minimum atomic E-state index is 0. The minimum absolute atomic E-state index is 0. The minimum Gasteiger partial charge on any atom is -0.342 e. The van der Waals surface area contributed by atoms with Gasteiger partial charge in [0.25, 0.3) is 5.78 Å². The van der Waals surface area contributed by atoms with Crippen LogP contribution in [-0.2, 0) is 11.2 Å². The Hall–Kier alpha value is -1.38. The molecule has 7 nitrogen and oxygen atoms in total. The molecule has 0 spiro atoms. The molecule has 142 valence electrons. The van der Waals surface area contributed by atoms with E-state index < -0.39 is 0 Å². The van der Waals surface area contributed by atoms with Crippen molar-refractivity contribution in [3.05, 3.63) is 17.0 Å². The molecule has 0 radical (unpaired) electrons. The number of likely N-dealkylation sites (tertiary alicyclic amines) is 1. The van der Waals surface area contributed by atoms with Crippen LogP contribution in [-0.4, -0.2) is 55.8 Å². The van der Waals surface area contributed by atoms with Crippen molar-refractivity contribution >= 4 is 35.9 Å². The molecule has 1 saturated carbocycles. The first kappa shape index (κ1) is 19.4. The summed E-state index contributed by atoms with van der Waals surface area (Å²) in [6.45, 7) is 5.58. The van der Waals surface area contributed by atoms with Crippen LogP contribution in [0.15, 0.2) is 5.16 Å². The molecule has 4 rings (SSSR count). The number of amides is 1. The van der Waals surface area contributed by atoms with E-state index in [0.717, 1.165) is 42.9 Å². The third-order valence-corrected chi connectivity index (χ3v) is 6.34. The molecule has 26 heavy (non-hydrogen) atoms. The van der Waals surface area contributed by atoms with Crippen LogP contribution in [0, 0.1) is 25.7 Å². The number of carbonyl (C=O) groups is 1. The van der Waals surface area contributed by atoms with Crippen molar-refractivity contribution in [1.29, 1.82) is 0 Å². The maximum absolute atomic E-state index is 12.9. The third kappa shape index (κ3) is 3.18. The van der Waals surface area contributed by atoms with Crippen molar-refractivity contribution in [3.63, 3.8) is 0 Å². The number of nitrogens with two attached hydrogens (primary N) is 1. The third-order valence-electron chi connectivity index (χ3n) is 5.81. The summed E-state index contributed by atoms with van der Waals surface area (Å²) < 4.78 is 1.75. The smallest absolute Gasteiger partial charge is 0.253 e. The van der Waals surface area contributed by atoms with Crippen molar-refractivity contribution < 1.29 is 4.79 Å². The van der Waals surface area contributed by atoms with E-state index >= 15 is 0 Å². The molecule has 0 aromatic carbocycles. The lowest BCUT2D eigenvalue weighted by Crippen LogP contribution is -2.34. The maximum atomic E-state index is 12.9. The summed E-state index contributed by atoms with van der Waals surface area (Å²) in [4.78, 5) is 23.8. The van der Waals surface area contributed by atoms with Crippen LogP contribution in [0.25, 0.3) is 5.78 Å². The summed E-state index contributed by atoms with van der Waals surface area (Å²) in [7, 11) is 0. The van der Waals surface area contributed by atoms with Crippen LogP contribution in [0.3, 0.4) is 0 Å². The van der Waals surface area contributed by atoms with Crippen LogP contribution in [0.5, 0.6) is 0 Å². The van der Waals surface area contributed by atoms with Gasteiger partial charge in [-0.3, -0.25) is 4.79 Å². The van der Waals surface area contributed by atoms with E-state index in [9.17, 15) is 4.79 Å². The van der Waals surface area contributed by atoms with Gasteiger partial charge in [0.2, 0.25) is 11.1 Å². The molecule has 2 aliphatic rings. The van der Waals surface area contributed by atoms with Gasteiger partial charge in [0, 0.05) is 36.1 Å².